The first-order chi connectivity index (χ1) is 12.7. The number of carbonyl (C=O) groups excluding carboxylic acids is 2. The van der Waals surface area contributed by atoms with Crippen LogP contribution in [0.5, 0.6) is 0 Å². The number of benzene rings is 1. The summed E-state index contributed by atoms with van der Waals surface area (Å²) in [7, 11) is 0. The summed E-state index contributed by atoms with van der Waals surface area (Å²) in [4.78, 5) is 27.7. The molecule has 2 atom stereocenters. The molecule has 8 heteroatoms. The minimum absolute atomic E-state index is 0.0121. The maximum Gasteiger partial charge on any atom is 0.218 e. The number of anilines is 1. The molecule has 0 saturated heterocycles. The summed E-state index contributed by atoms with van der Waals surface area (Å²) in [6.45, 7) is 3.65. The summed E-state index contributed by atoms with van der Waals surface area (Å²) < 4.78 is 15.2. The number of aromatic nitrogens is 1. The van der Waals surface area contributed by atoms with Gasteiger partial charge in [0.2, 0.25) is 5.91 Å². The van der Waals surface area contributed by atoms with Gasteiger partial charge in [-0.05, 0) is 31.5 Å². The molecule has 1 unspecified atom stereocenters. The Labute approximate surface area is 162 Å². The van der Waals surface area contributed by atoms with Crippen molar-refractivity contribution in [3.8, 4) is 0 Å². The minimum Gasteiger partial charge on any atom is -0.384 e. The van der Waals surface area contributed by atoms with Gasteiger partial charge in [-0.3, -0.25) is 9.59 Å². The van der Waals surface area contributed by atoms with Crippen LogP contribution < -0.4 is 16.8 Å². The van der Waals surface area contributed by atoms with E-state index in [4.69, 9.17) is 23.1 Å². The molecule has 1 aromatic carbocycles. The lowest BCUT2D eigenvalue weighted by Gasteiger charge is -2.23. The van der Waals surface area contributed by atoms with Gasteiger partial charge in [0.25, 0.3) is 0 Å². The van der Waals surface area contributed by atoms with E-state index >= 15 is 4.39 Å². The first kappa shape index (κ1) is 20.8. The summed E-state index contributed by atoms with van der Waals surface area (Å²) >= 11 is 6.11. The third-order valence-corrected chi connectivity index (χ3v) is 4.49. The monoisotopic (exact) mass is 392 g/mol. The van der Waals surface area contributed by atoms with E-state index in [1.807, 2.05) is 6.92 Å². The molecule has 5 N–H and O–H groups in total. The van der Waals surface area contributed by atoms with Crippen LogP contribution in [-0.4, -0.2) is 22.7 Å². The van der Waals surface area contributed by atoms with Crippen molar-refractivity contribution < 1.29 is 14.0 Å². The Morgan fingerprint density at radius 3 is 2.56 bits per heavy atom. The molecule has 0 spiro atoms. The molecule has 1 aromatic heterocycles. The molecule has 0 radical (unpaired) electrons. The largest absolute Gasteiger partial charge is 0.384 e. The maximum atomic E-state index is 15.2. The first-order valence-electron chi connectivity index (χ1n) is 8.53. The highest BCUT2D eigenvalue weighted by atomic mass is 35.5. The fourth-order valence-electron chi connectivity index (χ4n) is 2.86. The van der Waals surface area contributed by atoms with Crippen molar-refractivity contribution in [1.82, 2.24) is 10.3 Å². The third kappa shape index (κ3) is 5.02. The van der Waals surface area contributed by atoms with Gasteiger partial charge in [-0.1, -0.05) is 24.6 Å². The van der Waals surface area contributed by atoms with Gasteiger partial charge >= 0.3 is 0 Å². The normalized spacial score (nSPS) is 13.2. The van der Waals surface area contributed by atoms with E-state index in [0.717, 1.165) is 0 Å². The molecule has 0 bridgehead atoms. The van der Waals surface area contributed by atoms with Gasteiger partial charge in [0.05, 0.1) is 10.6 Å². The number of amides is 1. The van der Waals surface area contributed by atoms with E-state index in [1.54, 1.807) is 6.92 Å². The van der Waals surface area contributed by atoms with Crippen LogP contribution in [0, 0.1) is 5.82 Å². The molecule has 0 aliphatic carbocycles. The number of nitrogens with two attached hydrogens (primary N) is 2. The van der Waals surface area contributed by atoms with Crippen molar-refractivity contribution in [1.29, 1.82) is 0 Å². The molecular weight excluding hydrogens is 371 g/mol. The Kier molecular flexibility index (Phi) is 6.87. The van der Waals surface area contributed by atoms with E-state index < -0.39 is 23.5 Å². The number of carbonyl (C=O) groups is 2. The quantitative estimate of drug-likeness (QED) is 0.598. The van der Waals surface area contributed by atoms with Crippen LogP contribution >= 0.6 is 11.6 Å². The van der Waals surface area contributed by atoms with Crippen molar-refractivity contribution in [2.45, 2.75) is 38.8 Å². The number of halogens is 2. The Bertz CT molecular complexity index is 842. The molecule has 0 aliphatic heterocycles. The standard InChI is InChI=1S/C19H22ClFN4O2/c1-3-14(25-10(2)8-16(23)26)12-5-6-13(20)17(18(12)21)19(27)11-4-7-15(22)24-9-11/h4-7,9-10,14,25H,3,8H2,1-2H3,(H2,22,24)(H2,23,26)/t10?,14-/m1/s1. The second-order valence-electron chi connectivity index (χ2n) is 6.33. The number of nitrogens with zero attached hydrogens (tertiary/aromatic N) is 1. The molecule has 2 aromatic rings. The SMILES string of the molecule is CC[C@@H](NC(C)CC(N)=O)c1ccc(Cl)c(C(=O)c2ccc(N)nc2)c1F. The van der Waals surface area contributed by atoms with Gasteiger partial charge in [-0.2, -0.15) is 0 Å². The zero-order valence-electron chi connectivity index (χ0n) is 15.1. The number of nitrogen functional groups attached to an aromatic ring is 1. The van der Waals surface area contributed by atoms with Gasteiger partial charge in [-0.15, -0.1) is 0 Å². The van der Waals surface area contributed by atoms with E-state index in [9.17, 15) is 9.59 Å². The molecule has 1 amide bonds. The van der Waals surface area contributed by atoms with Crippen molar-refractivity contribution in [3.63, 3.8) is 0 Å². The topological polar surface area (TPSA) is 111 Å². The average Bonchev–Trinajstić information content (AvgIpc) is 2.60. The Morgan fingerprint density at radius 1 is 1.30 bits per heavy atom. The lowest BCUT2D eigenvalue weighted by atomic mass is 9.96. The Morgan fingerprint density at radius 2 is 2.00 bits per heavy atom. The highest BCUT2D eigenvalue weighted by Crippen LogP contribution is 2.30. The summed E-state index contributed by atoms with van der Waals surface area (Å²) in [6.07, 6.45) is 1.94. The number of rotatable bonds is 8. The molecule has 0 aliphatic rings. The van der Waals surface area contributed by atoms with Crippen molar-refractivity contribution >= 4 is 29.1 Å². The number of primary amides is 1. The molecule has 6 nitrogen and oxygen atoms in total. The predicted molar refractivity (Wildman–Crippen MR) is 103 cm³/mol. The van der Waals surface area contributed by atoms with Crippen LogP contribution in [-0.2, 0) is 4.79 Å². The van der Waals surface area contributed by atoms with Gasteiger partial charge in [0, 0.05) is 35.8 Å². The van der Waals surface area contributed by atoms with Crippen LogP contribution in [0.2, 0.25) is 5.02 Å². The van der Waals surface area contributed by atoms with Crippen LogP contribution in [0.3, 0.4) is 0 Å². The Hall–Kier alpha value is -2.51. The van der Waals surface area contributed by atoms with Crippen molar-refractivity contribution in [2.75, 3.05) is 5.73 Å². The summed E-state index contributed by atoms with van der Waals surface area (Å²) in [5, 5.41) is 3.18. The first-order valence-corrected chi connectivity index (χ1v) is 8.90. The fraction of sp³-hybridized carbons (Fsp3) is 0.316. The number of ketones is 1. The van der Waals surface area contributed by atoms with Crippen LogP contribution in [0.4, 0.5) is 10.2 Å². The van der Waals surface area contributed by atoms with E-state index in [0.29, 0.717) is 12.0 Å². The number of hydrogen-bond acceptors (Lipinski definition) is 5. The van der Waals surface area contributed by atoms with Gasteiger partial charge in [0.15, 0.2) is 5.78 Å². The van der Waals surface area contributed by atoms with Gasteiger partial charge in [0.1, 0.15) is 11.6 Å². The molecule has 2 rings (SSSR count). The highest BCUT2D eigenvalue weighted by Gasteiger charge is 2.25. The van der Waals surface area contributed by atoms with Crippen LogP contribution in [0.25, 0.3) is 0 Å². The van der Waals surface area contributed by atoms with Crippen LogP contribution in [0.1, 0.15) is 54.2 Å². The minimum atomic E-state index is -0.699. The van der Waals surface area contributed by atoms with E-state index in [-0.39, 0.29) is 34.4 Å². The Balaban J connectivity index is 2.39. The zero-order valence-corrected chi connectivity index (χ0v) is 15.9. The van der Waals surface area contributed by atoms with Gasteiger partial charge in [-0.25, -0.2) is 9.37 Å². The number of hydrogen-bond donors (Lipinski definition) is 3. The summed E-state index contributed by atoms with van der Waals surface area (Å²) in [5.41, 5.74) is 11.0. The second kappa shape index (κ2) is 8.92. The fourth-order valence-corrected chi connectivity index (χ4v) is 3.09. The highest BCUT2D eigenvalue weighted by molar-refractivity contribution is 6.35. The number of nitrogens with one attached hydrogen (secondary N) is 1. The molecule has 27 heavy (non-hydrogen) atoms. The third-order valence-electron chi connectivity index (χ3n) is 4.17. The maximum absolute atomic E-state index is 15.2. The van der Waals surface area contributed by atoms with Crippen molar-refractivity contribution in [3.05, 3.63) is 58.0 Å². The second-order valence-corrected chi connectivity index (χ2v) is 6.73. The van der Waals surface area contributed by atoms with E-state index in [1.165, 1.54) is 30.5 Å². The number of pyridine rings is 1. The van der Waals surface area contributed by atoms with Crippen LogP contribution in [0.15, 0.2) is 30.5 Å². The summed E-state index contributed by atoms with van der Waals surface area (Å²) in [6, 6.07) is 5.30. The molecule has 0 saturated carbocycles. The average molecular weight is 393 g/mol. The molecular formula is C19H22ClFN4O2. The van der Waals surface area contributed by atoms with Crippen molar-refractivity contribution in [2.24, 2.45) is 5.73 Å². The predicted octanol–water partition coefficient (Wildman–Crippen LogP) is 2.99. The molecule has 0 fully saturated rings. The van der Waals surface area contributed by atoms with E-state index in [2.05, 4.69) is 10.3 Å². The lowest BCUT2D eigenvalue weighted by Crippen LogP contribution is -2.34. The lowest BCUT2D eigenvalue weighted by molar-refractivity contribution is -0.118. The molecule has 1 heterocycles. The zero-order chi connectivity index (χ0) is 20.1. The molecule has 144 valence electrons. The summed E-state index contributed by atoms with van der Waals surface area (Å²) in [5.74, 6) is -1.47. The smallest absolute Gasteiger partial charge is 0.218 e. The van der Waals surface area contributed by atoms with Gasteiger partial charge < -0.3 is 16.8 Å².